The van der Waals surface area contributed by atoms with Gasteiger partial charge in [0.2, 0.25) is 10.0 Å². The molecule has 162 valence electrons. The monoisotopic (exact) mass is 431 g/mol. The van der Waals surface area contributed by atoms with Crippen LogP contribution in [0, 0.1) is 13.8 Å². The summed E-state index contributed by atoms with van der Waals surface area (Å²) >= 11 is 0. The highest BCUT2D eigenvalue weighted by Crippen LogP contribution is 2.20. The summed E-state index contributed by atoms with van der Waals surface area (Å²) in [5.41, 5.74) is 2.79. The van der Waals surface area contributed by atoms with Crippen LogP contribution < -0.4 is 10.1 Å². The van der Waals surface area contributed by atoms with Crippen molar-refractivity contribution in [3.05, 3.63) is 53.6 Å². The first-order valence-corrected chi connectivity index (χ1v) is 11.6. The number of carbonyl (C=O) groups is 1. The Morgan fingerprint density at radius 3 is 2.27 bits per heavy atom. The summed E-state index contributed by atoms with van der Waals surface area (Å²) in [6.45, 7) is 9.34. The van der Waals surface area contributed by atoms with E-state index in [0.717, 1.165) is 30.8 Å². The summed E-state index contributed by atoms with van der Waals surface area (Å²) in [6, 6.07) is 11.9. The number of carbonyl (C=O) groups excluding carboxylic acids is 1. The van der Waals surface area contributed by atoms with E-state index in [0.29, 0.717) is 24.5 Å². The Hall–Kier alpha value is -2.42. The molecule has 2 aromatic carbocycles. The van der Waals surface area contributed by atoms with E-state index in [1.165, 1.54) is 16.4 Å². The molecule has 1 amide bonds. The number of anilines is 1. The van der Waals surface area contributed by atoms with Gasteiger partial charge in [-0.15, -0.1) is 0 Å². The highest BCUT2D eigenvalue weighted by atomic mass is 32.2. The van der Waals surface area contributed by atoms with E-state index in [2.05, 4.69) is 17.1 Å². The predicted molar refractivity (Wildman–Crippen MR) is 117 cm³/mol. The molecule has 1 aliphatic rings. The van der Waals surface area contributed by atoms with Crippen molar-refractivity contribution in [1.82, 2.24) is 9.21 Å². The van der Waals surface area contributed by atoms with Gasteiger partial charge in [-0.05, 0) is 67.9 Å². The summed E-state index contributed by atoms with van der Waals surface area (Å²) in [4.78, 5) is 14.6. The molecule has 0 radical (unpaired) electrons. The van der Waals surface area contributed by atoms with Crippen LogP contribution in [0.25, 0.3) is 0 Å². The number of nitrogens with one attached hydrogen (secondary N) is 1. The van der Waals surface area contributed by atoms with Crippen LogP contribution in [0.15, 0.2) is 47.4 Å². The van der Waals surface area contributed by atoms with Crippen LogP contribution in [0.2, 0.25) is 0 Å². The molecule has 1 fully saturated rings. The number of sulfonamides is 1. The highest BCUT2D eigenvalue weighted by Gasteiger charge is 2.27. The first-order valence-electron chi connectivity index (χ1n) is 10.1. The van der Waals surface area contributed by atoms with Crippen molar-refractivity contribution in [3.63, 3.8) is 0 Å². The molecule has 7 nitrogen and oxygen atoms in total. The SMILES string of the molecule is CCN1CCN(S(=O)(=O)c2ccc(NC(=O)COc3ccc(C)c(C)c3)cc2)CC1. The Kier molecular flexibility index (Phi) is 7.12. The average Bonchev–Trinajstić information content (AvgIpc) is 2.75. The lowest BCUT2D eigenvalue weighted by Gasteiger charge is -2.33. The Morgan fingerprint density at radius 2 is 1.67 bits per heavy atom. The molecule has 0 unspecified atom stereocenters. The van der Waals surface area contributed by atoms with Gasteiger partial charge in [0, 0.05) is 31.9 Å². The molecule has 0 atom stereocenters. The molecule has 1 N–H and O–H groups in total. The second-order valence-electron chi connectivity index (χ2n) is 7.45. The minimum atomic E-state index is -3.52. The maximum absolute atomic E-state index is 12.8. The first kappa shape index (κ1) is 22.3. The zero-order chi connectivity index (χ0) is 21.7. The van der Waals surface area contributed by atoms with Crippen LogP contribution in [0.5, 0.6) is 5.75 Å². The molecule has 1 heterocycles. The van der Waals surface area contributed by atoms with Gasteiger partial charge in [0.25, 0.3) is 5.91 Å². The van der Waals surface area contributed by atoms with Crippen LogP contribution in [0.3, 0.4) is 0 Å². The van der Waals surface area contributed by atoms with Gasteiger partial charge in [-0.25, -0.2) is 8.42 Å². The summed E-state index contributed by atoms with van der Waals surface area (Å²) in [7, 11) is -3.52. The number of ether oxygens (including phenoxy) is 1. The number of aryl methyl sites for hydroxylation is 2. The van der Waals surface area contributed by atoms with Gasteiger partial charge in [0.1, 0.15) is 5.75 Å². The Morgan fingerprint density at radius 1 is 1.00 bits per heavy atom. The first-order chi connectivity index (χ1) is 14.3. The predicted octanol–water partition coefficient (Wildman–Crippen LogP) is 2.65. The van der Waals surface area contributed by atoms with Crippen molar-refractivity contribution >= 4 is 21.6 Å². The topological polar surface area (TPSA) is 79.0 Å². The van der Waals surface area contributed by atoms with Gasteiger partial charge >= 0.3 is 0 Å². The third-order valence-corrected chi connectivity index (χ3v) is 7.32. The van der Waals surface area contributed by atoms with Crippen molar-refractivity contribution in [2.45, 2.75) is 25.7 Å². The molecule has 2 aromatic rings. The highest BCUT2D eigenvalue weighted by molar-refractivity contribution is 7.89. The van der Waals surface area contributed by atoms with Crippen LogP contribution in [-0.2, 0) is 14.8 Å². The van der Waals surface area contributed by atoms with Crippen molar-refractivity contribution < 1.29 is 17.9 Å². The quantitative estimate of drug-likeness (QED) is 0.729. The van der Waals surface area contributed by atoms with Gasteiger partial charge in [0.05, 0.1) is 4.90 Å². The summed E-state index contributed by atoms with van der Waals surface area (Å²) in [5, 5.41) is 2.73. The van der Waals surface area contributed by atoms with Crippen molar-refractivity contribution in [2.75, 3.05) is 44.6 Å². The number of hydrogen-bond donors (Lipinski definition) is 1. The Balaban J connectivity index is 1.56. The molecular formula is C22H29N3O4S. The second kappa shape index (κ2) is 9.59. The van der Waals surface area contributed by atoms with Gasteiger partial charge in [-0.3, -0.25) is 4.79 Å². The van der Waals surface area contributed by atoms with E-state index in [9.17, 15) is 13.2 Å². The number of hydrogen-bond acceptors (Lipinski definition) is 5. The number of rotatable bonds is 7. The van der Waals surface area contributed by atoms with E-state index >= 15 is 0 Å². The number of piperazine rings is 1. The summed E-state index contributed by atoms with van der Waals surface area (Å²) in [6.07, 6.45) is 0. The molecule has 1 saturated heterocycles. The van der Waals surface area contributed by atoms with Crippen molar-refractivity contribution in [3.8, 4) is 5.75 Å². The maximum atomic E-state index is 12.8. The molecule has 8 heteroatoms. The lowest BCUT2D eigenvalue weighted by molar-refractivity contribution is -0.118. The van der Waals surface area contributed by atoms with E-state index in [1.54, 1.807) is 12.1 Å². The Labute approximate surface area is 178 Å². The minimum Gasteiger partial charge on any atom is -0.484 e. The second-order valence-corrected chi connectivity index (χ2v) is 9.38. The summed E-state index contributed by atoms with van der Waals surface area (Å²) in [5.74, 6) is 0.331. The smallest absolute Gasteiger partial charge is 0.262 e. The molecular weight excluding hydrogens is 402 g/mol. The molecule has 0 bridgehead atoms. The molecule has 0 spiro atoms. The van der Waals surface area contributed by atoms with Crippen LogP contribution in [-0.4, -0.2) is 62.9 Å². The lowest BCUT2D eigenvalue weighted by atomic mass is 10.1. The van der Waals surface area contributed by atoms with Crippen molar-refractivity contribution in [1.29, 1.82) is 0 Å². The standard InChI is InChI=1S/C22H29N3O4S/c1-4-24-11-13-25(14-12-24)30(27,28)21-9-6-19(7-10-21)23-22(26)16-29-20-8-5-17(2)18(3)15-20/h5-10,15H,4,11-14,16H2,1-3H3,(H,23,26). The van der Waals surface area contributed by atoms with Crippen LogP contribution in [0.1, 0.15) is 18.1 Å². The average molecular weight is 432 g/mol. The third-order valence-electron chi connectivity index (χ3n) is 5.40. The normalized spacial score (nSPS) is 15.7. The maximum Gasteiger partial charge on any atom is 0.262 e. The molecule has 0 aliphatic carbocycles. The molecule has 0 saturated carbocycles. The third kappa shape index (κ3) is 5.38. The zero-order valence-electron chi connectivity index (χ0n) is 17.7. The molecule has 1 aliphatic heterocycles. The molecule has 30 heavy (non-hydrogen) atoms. The number of benzene rings is 2. The van der Waals surface area contributed by atoms with Gasteiger partial charge in [-0.1, -0.05) is 13.0 Å². The zero-order valence-corrected chi connectivity index (χ0v) is 18.5. The fourth-order valence-electron chi connectivity index (χ4n) is 3.30. The van der Waals surface area contributed by atoms with Gasteiger partial charge < -0.3 is 15.0 Å². The molecule has 0 aromatic heterocycles. The molecule has 3 rings (SSSR count). The van der Waals surface area contributed by atoms with E-state index < -0.39 is 10.0 Å². The fraction of sp³-hybridized carbons (Fsp3) is 0.409. The van der Waals surface area contributed by atoms with E-state index in [4.69, 9.17) is 4.74 Å². The van der Waals surface area contributed by atoms with Crippen LogP contribution in [0.4, 0.5) is 5.69 Å². The van der Waals surface area contributed by atoms with Crippen molar-refractivity contribution in [2.24, 2.45) is 0 Å². The number of likely N-dealkylation sites (N-methyl/N-ethyl adjacent to an activating group) is 1. The van der Waals surface area contributed by atoms with E-state index in [1.807, 2.05) is 32.0 Å². The van der Waals surface area contributed by atoms with E-state index in [-0.39, 0.29) is 17.4 Å². The minimum absolute atomic E-state index is 0.121. The fourth-order valence-corrected chi connectivity index (χ4v) is 4.72. The van der Waals surface area contributed by atoms with Gasteiger partial charge in [0.15, 0.2) is 6.61 Å². The number of nitrogens with zero attached hydrogens (tertiary/aromatic N) is 2. The largest absolute Gasteiger partial charge is 0.484 e. The Bertz CT molecular complexity index is 982. The van der Waals surface area contributed by atoms with Gasteiger partial charge in [-0.2, -0.15) is 4.31 Å². The van der Waals surface area contributed by atoms with Crippen LogP contribution >= 0.6 is 0 Å². The lowest BCUT2D eigenvalue weighted by Crippen LogP contribution is -2.48. The summed E-state index contributed by atoms with van der Waals surface area (Å²) < 4.78 is 32.7. The number of amides is 1.